The lowest BCUT2D eigenvalue weighted by molar-refractivity contribution is -0.257. The molecule has 1 aromatic carbocycles. The van der Waals surface area contributed by atoms with E-state index in [1.54, 1.807) is 23.1 Å². The smallest absolute Gasteiger partial charge is 0.292 e. The summed E-state index contributed by atoms with van der Waals surface area (Å²) in [7, 11) is -3.60. The Kier molecular flexibility index (Phi) is 5.33. The number of benzene rings is 1. The first-order chi connectivity index (χ1) is 13.3. The number of carbonyl (C=O) groups is 1. The lowest BCUT2D eigenvalue weighted by Crippen LogP contribution is -2.50. The molecule has 28 heavy (non-hydrogen) atoms. The molecule has 0 aromatic heterocycles. The van der Waals surface area contributed by atoms with E-state index in [-0.39, 0.29) is 21.7 Å². The zero-order valence-electron chi connectivity index (χ0n) is 16.1. The number of alkyl halides is 1. The van der Waals surface area contributed by atoms with E-state index < -0.39 is 15.8 Å². The molecule has 2 unspecified atom stereocenters. The van der Waals surface area contributed by atoms with Gasteiger partial charge in [-0.15, -0.1) is 0 Å². The van der Waals surface area contributed by atoms with Crippen LogP contribution in [0.15, 0.2) is 23.1 Å². The number of sulfonamides is 1. The minimum absolute atomic E-state index is 0.0380. The fourth-order valence-corrected chi connectivity index (χ4v) is 5.81. The van der Waals surface area contributed by atoms with E-state index in [0.717, 1.165) is 12.8 Å². The molecule has 2 fully saturated rings. The molecule has 0 aliphatic carbocycles. The van der Waals surface area contributed by atoms with E-state index in [2.05, 4.69) is 15.9 Å². The third kappa shape index (κ3) is 3.02. The van der Waals surface area contributed by atoms with Gasteiger partial charge in [0.1, 0.15) is 0 Å². The molecular formula is C19H25BrN2O5S. The maximum absolute atomic E-state index is 13.4. The number of hydrogen-bond donors (Lipinski definition) is 0. The van der Waals surface area contributed by atoms with Gasteiger partial charge >= 0.3 is 0 Å². The van der Waals surface area contributed by atoms with Crippen LogP contribution in [-0.4, -0.2) is 55.8 Å². The van der Waals surface area contributed by atoms with Gasteiger partial charge in [0, 0.05) is 29.5 Å². The second-order valence-electron chi connectivity index (χ2n) is 7.55. The van der Waals surface area contributed by atoms with Crippen molar-refractivity contribution in [3.05, 3.63) is 23.8 Å². The second kappa shape index (κ2) is 7.36. The standard InChI is InChI=1S/C19H25BrN2O5S/c1-13(20)14(2)22-17-7-6-15(28(24,25)21-8-3-4-9-21)12-16(17)19(18(22)23)26-10-5-11-27-19/h6-7,12-14H,3-5,8-11H2,1-2H3. The summed E-state index contributed by atoms with van der Waals surface area (Å²) in [5.41, 5.74) is 1.13. The van der Waals surface area contributed by atoms with E-state index >= 15 is 0 Å². The minimum atomic E-state index is -3.60. The van der Waals surface area contributed by atoms with Crippen molar-refractivity contribution in [1.82, 2.24) is 4.31 Å². The molecular weight excluding hydrogens is 448 g/mol. The van der Waals surface area contributed by atoms with Crippen LogP contribution in [0.25, 0.3) is 0 Å². The Bertz CT molecular complexity index is 876. The normalized spacial score (nSPS) is 24.5. The maximum atomic E-state index is 13.4. The first-order valence-corrected chi connectivity index (χ1v) is 12.0. The maximum Gasteiger partial charge on any atom is 0.292 e. The van der Waals surface area contributed by atoms with Crippen molar-refractivity contribution in [2.24, 2.45) is 0 Å². The highest BCUT2D eigenvalue weighted by atomic mass is 79.9. The van der Waals surface area contributed by atoms with Crippen LogP contribution in [-0.2, 0) is 30.1 Å². The molecule has 3 heterocycles. The highest BCUT2D eigenvalue weighted by Gasteiger charge is 2.56. The van der Waals surface area contributed by atoms with Crippen LogP contribution in [0.4, 0.5) is 5.69 Å². The van der Waals surface area contributed by atoms with Gasteiger partial charge in [-0.3, -0.25) is 4.79 Å². The molecule has 154 valence electrons. The van der Waals surface area contributed by atoms with E-state index in [9.17, 15) is 13.2 Å². The second-order valence-corrected chi connectivity index (χ2v) is 10.9. The third-order valence-corrected chi connectivity index (χ3v) is 8.42. The number of fused-ring (bicyclic) bond motifs is 2. The van der Waals surface area contributed by atoms with Crippen molar-refractivity contribution >= 4 is 37.5 Å². The Hall–Kier alpha value is -1.00. The van der Waals surface area contributed by atoms with Gasteiger partial charge in [0.05, 0.1) is 23.8 Å². The summed E-state index contributed by atoms with van der Waals surface area (Å²) in [6, 6.07) is 4.71. The highest BCUT2D eigenvalue weighted by molar-refractivity contribution is 9.09. The van der Waals surface area contributed by atoms with Crippen LogP contribution in [0.2, 0.25) is 0 Å². The molecule has 1 amide bonds. The molecule has 3 aliphatic rings. The van der Waals surface area contributed by atoms with Crippen molar-refractivity contribution in [3.63, 3.8) is 0 Å². The average molecular weight is 473 g/mol. The number of rotatable bonds is 4. The molecule has 1 aromatic rings. The number of nitrogens with zero attached hydrogens (tertiary/aromatic N) is 2. The van der Waals surface area contributed by atoms with E-state index in [4.69, 9.17) is 9.47 Å². The van der Waals surface area contributed by atoms with Crippen LogP contribution < -0.4 is 4.90 Å². The van der Waals surface area contributed by atoms with Gasteiger partial charge in [-0.25, -0.2) is 8.42 Å². The highest BCUT2D eigenvalue weighted by Crippen LogP contribution is 2.47. The number of amides is 1. The predicted molar refractivity (Wildman–Crippen MR) is 108 cm³/mol. The topological polar surface area (TPSA) is 76.1 Å². The van der Waals surface area contributed by atoms with Crippen LogP contribution in [0.5, 0.6) is 0 Å². The van der Waals surface area contributed by atoms with Crippen LogP contribution in [0, 0.1) is 0 Å². The van der Waals surface area contributed by atoms with Crippen LogP contribution in [0.1, 0.15) is 38.7 Å². The molecule has 2 atom stereocenters. The molecule has 9 heteroatoms. The van der Waals surface area contributed by atoms with Crippen molar-refractivity contribution in [2.75, 3.05) is 31.2 Å². The largest absolute Gasteiger partial charge is 0.338 e. The molecule has 0 saturated carbocycles. The Morgan fingerprint density at radius 2 is 1.75 bits per heavy atom. The zero-order chi connectivity index (χ0) is 20.1. The van der Waals surface area contributed by atoms with Crippen molar-refractivity contribution in [1.29, 1.82) is 0 Å². The van der Waals surface area contributed by atoms with Crippen LogP contribution in [0.3, 0.4) is 0 Å². The first-order valence-electron chi connectivity index (χ1n) is 9.69. The van der Waals surface area contributed by atoms with Crippen molar-refractivity contribution in [2.45, 2.75) is 54.7 Å². The molecule has 3 aliphatic heterocycles. The number of ether oxygens (including phenoxy) is 2. The summed E-state index contributed by atoms with van der Waals surface area (Å²) in [4.78, 5) is 15.3. The third-order valence-electron chi connectivity index (χ3n) is 5.76. The van der Waals surface area contributed by atoms with Gasteiger partial charge in [0.15, 0.2) is 0 Å². The molecule has 0 N–H and O–H groups in total. The van der Waals surface area contributed by atoms with Gasteiger partial charge in [0.25, 0.3) is 11.7 Å². The fraction of sp³-hybridized carbons (Fsp3) is 0.632. The number of carbonyl (C=O) groups excluding carboxylic acids is 1. The number of hydrogen-bond acceptors (Lipinski definition) is 5. The van der Waals surface area contributed by atoms with Gasteiger partial charge in [0.2, 0.25) is 10.0 Å². The van der Waals surface area contributed by atoms with Crippen molar-refractivity contribution < 1.29 is 22.7 Å². The van der Waals surface area contributed by atoms with Gasteiger partial charge in [-0.1, -0.05) is 22.9 Å². The summed E-state index contributed by atoms with van der Waals surface area (Å²) in [5.74, 6) is -1.85. The Balaban J connectivity index is 1.83. The summed E-state index contributed by atoms with van der Waals surface area (Å²) in [6.07, 6.45) is 2.43. The van der Waals surface area contributed by atoms with Crippen LogP contribution >= 0.6 is 15.9 Å². The molecule has 0 radical (unpaired) electrons. The van der Waals surface area contributed by atoms with Crippen molar-refractivity contribution in [3.8, 4) is 0 Å². The molecule has 1 spiro atoms. The Morgan fingerprint density at radius 3 is 2.36 bits per heavy atom. The number of halogens is 1. The lowest BCUT2D eigenvalue weighted by Gasteiger charge is -2.34. The summed E-state index contributed by atoms with van der Waals surface area (Å²) < 4.78 is 39.4. The number of anilines is 1. The van der Waals surface area contributed by atoms with Gasteiger partial charge in [-0.2, -0.15) is 4.31 Å². The van der Waals surface area contributed by atoms with E-state index in [0.29, 0.717) is 44.0 Å². The summed E-state index contributed by atoms with van der Waals surface area (Å²) in [5, 5.41) is 0. The molecule has 7 nitrogen and oxygen atoms in total. The quantitative estimate of drug-likeness (QED) is 0.629. The fourth-order valence-electron chi connectivity index (χ4n) is 4.03. The average Bonchev–Trinajstić information content (AvgIpc) is 3.30. The van der Waals surface area contributed by atoms with Gasteiger partial charge < -0.3 is 14.4 Å². The predicted octanol–water partition coefficient (Wildman–Crippen LogP) is 2.58. The monoisotopic (exact) mass is 472 g/mol. The zero-order valence-corrected chi connectivity index (χ0v) is 18.5. The minimum Gasteiger partial charge on any atom is -0.338 e. The van der Waals surface area contributed by atoms with Gasteiger partial charge in [-0.05, 0) is 44.4 Å². The summed E-state index contributed by atoms with van der Waals surface area (Å²) >= 11 is 3.55. The Labute approximate surface area is 174 Å². The molecule has 2 saturated heterocycles. The van der Waals surface area contributed by atoms with E-state index in [1.807, 2.05) is 13.8 Å². The molecule has 0 bridgehead atoms. The summed E-state index contributed by atoms with van der Waals surface area (Å²) in [6.45, 7) is 5.75. The Morgan fingerprint density at radius 1 is 1.11 bits per heavy atom. The SMILES string of the molecule is CC(Br)C(C)N1C(=O)C2(OCCCO2)c2cc(S(=O)(=O)N3CCCC3)ccc21. The molecule has 4 rings (SSSR count). The lowest BCUT2D eigenvalue weighted by atomic mass is 10.1. The first kappa shape index (κ1) is 20.3. The van der Waals surface area contributed by atoms with E-state index in [1.165, 1.54) is 4.31 Å².